The molecule has 124 valence electrons. The maximum absolute atomic E-state index is 11.7. The van der Waals surface area contributed by atoms with E-state index in [1.165, 1.54) is 0 Å². The molecule has 0 saturated carbocycles. The fourth-order valence-corrected chi connectivity index (χ4v) is 2.45. The number of H-pyrrole nitrogens is 1. The van der Waals surface area contributed by atoms with E-state index in [1.54, 1.807) is 0 Å². The third kappa shape index (κ3) is 3.70. The zero-order valence-corrected chi connectivity index (χ0v) is 12.0. The summed E-state index contributed by atoms with van der Waals surface area (Å²) in [6, 6.07) is 1.03. The van der Waals surface area contributed by atoms with Gasteiger partial charge in [-0.2, -0.15) is 0 Å². The summed E-state index contributed by atoms with van der Waals surface area (Å²) in [7, 11) is -4.51. The van der Waals surface area contributed by atoms with E-state index in [1.807, 2.05) is 4.98 Å². The first-order chi connectivity index (χ1) is 10.2. The lowest BCUT2D eigenvalue weighted by atomic mass is 10.1. The second kappa shape index (κ2) is 6.42. The van der Waals surface area contributed by atoms with Crippen LogP contribution in [-0.2, 0) is 14.0 Å². The Bertz CT molecular complexity index is 679. The molecule has 0 bridgehead atoms. The van der Waals surface area contributed by atoms with Crippen molar-refractivity contribution in [3.8, 4) is 0 Å². The molecule has 0 aromatic carbocycles. The number of ether oxygens (including phenoxy) is 2. The average Bonchev–Trinajstić information content (AvgIpc) is 2.72. The molecule has 4 unspecified atom stereocenters. The Labute approximate surface area is 122 Å². The summed E-state index contributed by atoms with van der Waals surface area (Å²) >= 11 is 0. The van der Waals surface area contributed by atoms with Crippen LogP contribution in [0, 0.1) is 0 Å². The van der Waals surface area contributed by atoms with Gasteiger partial charge in [0.15, 0.2) is 6.23 Å². The largest absolute Gasteiger partial charge is 0.394 e. The maximum atomic E-state index is 11.7. The number of aliphatic hydroxyl groups excluding tert-OH is 2. The van der Waals surface area contributed by atoms with Crippen LogP contribution in [0.1, 0.15) is 6.23 Å². The van der Waals surface area contributed by atoms with Crippen LogP contribution in [0.4, 0.5) is 0 Å². The average molecular weight is 338 g/mol. The van der Waals surface area contributed by atoms with Gasteiger partial charge in [-0.25, -0.2) is 4.79 Å². The number of aliphatic hydroxyl groups is 2. The lowest BCUT2D eigenvalue weighted by Gasteiger charge is -2.22. The molecule has 1 aromatic rings. The van der Waals surface area contributed by atoms with Crippen molar-refractivity contribution in [1.29, 1.82) is 0 Å². The topological polar surface area (TPSA) is 171 Å². The molecular formula is C10H15N2O9P. The van der Waals surface area contributed by atoms with Crippen molar-refractivity contribution in [3.63, 3.8) is 0 Å². The van der Waals surface area contributed by atoms with E-state index in [-0.39, 0.29) is 0 Å². The molecule has 5 N–H and O–H groups in total. The number of hydrogen-bond donors (Lipinski definition) is 5. The molecule has 4 atom stereocenters. The Morgan fingerprint density at radius 1 is 1.41 bits per heavy atom. The number of aromatic nitrogens is 2. The molecule has 0 spiro atoms. The highest BCUT2D eigenvalue weighted by atomic mass is 31.2. The molecule has 2 heterocycles. The molecule has 1 fully saturated rings. The Kier molecular flexibility index (Phi) is 4.97. The summed E-state index contributed by atoms with van der Waals surface area (Å²) < 4.78 is 22.0. The lowest BCUT2D eigenvalue weighted by Crippen LogP contribution is -2.39. The molecule has 0 amide bonds. The first kappa shape index (κ1) is 17.0. The molecule has 1 aliphatic heterocycles. The standard InChI is InChI=1S/C10H15N2O9P/c13-3-5-7(15)8(20-4-22(17,18)19)9(21-5)12-2-1-6(14)11-10(12)16/h1-2,5,7-9,13,15H,3-4H2,(H,11,14,16)(H2,17,18,19). The maximum Gasteiger partial charge on any atom is 0.350 e. The van der Waals surface area contributed by atoms with Crippen LogP contribution < -0.4 is 11.2 Å². The third-order valence-corrected chi connectivity index (χ3v) is 3.54. The van der Waals surface area contributed by atoms with Gasteiger partial charge in [-0.15, -0.1) is 0 Å². The molecule has 1 aliphatic rings. The number of hydrogen-bond acceptors (Lipinski definition) is 7. The molecule has 0 aliphatic carbocycles. The van der Waals surface area contributed by atoms with Gasteiger partial charge in [-0.1, -0.05) is 0 Å². The molecule has 1 aromatic heterocycles. The first-order valence-electron chi connectivity index (χ1n) is 6.15. The van der Waals surface area contributed by atoms with Gasteiger partial charge >= 0.3 is 13.3 Å². The molecule has 0 radical (unpaired) electrons. The molecule has 1 saturated heterocycles. The van der Waals surface area contributed by atoms with E-state index in [2.05, 4.69) is 0 Å². The van der Waals surface area contributed by atoms with Gasteiger partial charge in [0.25, 0.3) is 5.56 Å². The summed E-state index contributed by atoms with van der Waals surface area (Å²) in [5.41, 5.74) is -1.50. The van der Waals surface area contributed by atoms with Gasteiger partial charge in [-0.3, -0.25) is 18.9 Å². The minimum absolute atomic E-state index is 0.592. The van der Waals surface area contributed by atoms with Crippen molar-refractivity contribution in [2.45, 2.75) is 24.5 Å². The second-order valence-electron chi connectivity index (χ2n) is 4.68. The van der Waals surface area contributed by atoms with Gasteiger partial charge in [0.1, 0.15) is 24.7 Å². The van der Waals surface area contributed by atoms with E-state index in [0.29, 0.717) is 0 Å². The SMILES string of the molecule is O=c1ccn(C2OC(CO)C(O)C2OCP(=O)(O)O)c(=O)[nH]1. The summed E-state index contributed by atoms with van der Waals surface area (Å²) in [4.78, 5) is 42.4. The highest BCUT2D eigenvalue weighted by molar-refractivity contribution is 7.51. The van der Waals surface area contributed by atoms with Gasteiger partial charge in [0, 0.05) is 12.3 Å². The normalized spacial score (nSPS) is 28.9. The Morgan fingerprint density at radius 2 is 2.09 bits per heavy atom. The minimum atomic E-state index is -4.51. The van der Waals surface area contributed by atoms with Gasteiger partial charge < -0.3 is 29.5 Å². The van der Waals surface area contributed by atoms with Gasteiger partial charge in [-0.05, 0) is 0 Å². The van der Waals surface area contributed by atoms with Crippen LogP contribution in [0.2, 0.25) is 0 Å². The second-order valence-corrected chi connectivity index (χ2v) is 6.27. The van der Waals surface area contributed by atoms with Crippen LogP contribution in [0.3, 0.4) is 0 Å². The Balaban J connectivity index is 2.31. The van der Waals surface area contributed by atoms with E-state index >= 15 is 0 Å². The van der Waals surface area contributed by atoms with Crippen molar-refractivity contribution < 1.29 is 34.0 Å². The summed E-state index contributed by atoms with van der Waals surface area (Å²) in [5.74, 6) is 0. The van der Waals surface area contributed by atoms with Crippen LogP contribution in [0.5, 0.6) is 0 Å². The van der Waals surface area contributed by atoms with Crippen LogP contribution in [-0.4, -0.2) is 60.8 Å². The molecular weight excluding hydrogens is 323 g/mol. The van der Waals surface area contributed by atoms with Crippen LogP contribution in [0.15, 0.2) is 21.9 Å². The smallest absolute Gasteiger partial charge is 0.350 e. The third-order valence-electron chi connectivity index (χ3n) is 3.05. The van der Waals surface area contributed by atoms with Crippen LogP contribution >= 0.6 is 7.60 Å². The van der Waals surface area contributed by atoms with Crippen molar-refractivity contribution in [1.82, 2.24) is 9.55 Å². The number of nitrogens with zero attached hydrogens (tertiary/aromatic N) is 1. The number of aromatic amines is 1. The van der Waals surface area contributed by atoms with Crippen molar-refractivity contribution >= 4 is 7.60 Å². The minimum Gasteiger partial charge on any atom is -0.394 e. The highest BCUT2D eigenvalue weighted by Crippen LogP contribution is 2.38. The zero-order valence-electron chi connectivity index (χ0n) is 11.1. The van der Waals surface area contributed by atoms with Crippen molar-refractivity contribution in [2.75, 3.05) is 13.0 Å². The quantitative estimate of drug-likeness (QED) is 0.358. The predicted molar refractivity (Wildman–Crippen MR) is 70.1 cm³/mol. The first-order valence-corrected chi connectivity index (χ1v) is 7.95. The Hall–Kier alpha value is -1.33. The number of rotatable bonds is 5. The van der Waals surface area contributed by atoms with Crippen LogP contribution in [0.25, 0.3) is 0 Å². The summed E-state index contributed by atoms with van der Waals surface area (Å²) in [6.07, 6.45) is -5.00. The van der Waals surface area contributed by atoms with Gasteiger partial charge in [0.2, 0.25) is 0 Å². The number of nitrogens with one attached hydrogen (secondary N) is 1. The summed E-state index contributed by atoms with van der Waals surface area (Å²) in [6.45, 7) is -0.592. The lowest BCUT2D eigenvalue weighted by molar-refractivity contribution is -0.0674. The fourth-order valence-electron chi connectivity index (χ4n) is 2.08. The monoisotopic (exact) mass is 338 g/mol. The predicted octanol–water partition coefficient (Wildman–Crippen LogP) is -2.69. The fraction of sp³-hybridized carbons (Fsp3) is 0.600. The van der Waals surface area contributed by atoms with E-state index < -0.39 is 56.3 Å². The molecule has 2 rings (SSSR count). The highest BCUT2D eigenvalue weighted by Gasteiger charge is 2.46. The zero-order chi connectivity index (χ0) is 16.5. The van der Waals surface area contributed by atoms with Gasteiger partial charge in [0.05, 0.1) is 6.61 Å². The van der Waals surface area contributed by atoms with E-state index in [4.69, 9.17) is 24.4 Å². The van der Waals surface area contributed by atoms with Crippen molar-refractivity contribution in [3.05, 3.63) is 33.1 Å². The molecule has 22 heavy (non-hydrogen) atoms. The van der Waals surface area contributed by atoms with E-state index in [0.717, 1.165) is 16.8 Å². The summed E-state index contributed by atoms with van der Waals surface area (Å²) in [5, 5.41) is 19.1. The molecule has 11 nitrogen and oxygen atoms in total. The molecule has 12 heteroatoms. The van der Waals surface area contributed by atoms with Crippen molar-refractivity contribution in [2.24, 2.45) is 0 Å². The van der Waals surface area contributed by atoms with E-state index in [9.17, 15) is 19.3 Å². The Morgan fingerprint density at radius 3 is 2.64 bits per heavy atom.